The van der Waals surface area contributed by atoms with E-state index in [4.69, 9.17) is 11.6 Å². The van der Waals surface area contributed by atoms with Gasteiger partial charge in [0.2, 0.25) is 0 Å². The first-order valence-electron chi connectivity index (χ1n) is 13.0. The molecule has 0 radical (unpaired) electrons. The van der Waals surface area contributed by atoms with E-state index in [-0.39, 0.29) is 29.2 Å². The number of likely N-dealkylation sites (tertiary alicyclic amines) is 2. The maximum atomic E-state index is 14.0. The minimum Gasteiger partial charge on any atom is -0.394 e. The maximum absolute atomic E-state index is 14.0. The van der Waals surface area contributed by atoms with Crippen LogP contribution in [0.5, 0.6) is 0 Å². The largest absolute Gasteiger partial charge is 0.394 e. The predicted molar refractivity (Wildman–Crippen MR) is 150 cm³/mol. The van der Waals surface area contributed by atoms with Crippen molar-refractivity contribution in [2.75, 3.05) is 39.0 Å². The van der Waals surface area contributed by atoms with Crippen molar-refractivity contribution in [3.05, 3.63) is 111 Å². The van der Waals surface area contributed by atoms with Crippen LogP contribution in [0.15, 0.2) is 72.3 Å². The molecule has 2 atom stereocenters. The van der Waals surface area contributed by atoms with Crippen molar-refractivity contribution in [2.24, 2.45) is 0 Å². The molecular weight excluding hydrogens is 542 g/mol. The van der Waals surface area contributed by atoms with Crippen molar-refractivity contribution < 1.29 is 22.3 Å². The number of hydrogen-bond donors (Lipinski definition) is 1. The summed E-state index contributed by atoms with van der Waals surface area (Å²) in [4.78, 5) is 4.40. The van der Waals surface area contributed by atoms with E-state index in [1.54, 1.807) is 0 Å². The lowest BCUT2D eigenvalue weighted by molar-refractivity contribution is 0.147. The van der Waals surface area contributed by atoms with Crippen LogP contribution in [0.4, 0.5) is 8.78 Å². The monoisotopic (exact) mass is 572 g/mol. The second-order valence-corrected chi connectivity index (χ2v) is 12.7. The Balaban J connectivity index is 1.48. The maximum Gasteiger partial charge on any atom is 0.176 e. The van der Waals surface area contributed by atoms with Crippen LogP contribution in [0.25, 0.3) is 4.91 Å². The van der Waals surface area contributed by atoms with Gasteiger partial charge in [0.15, 0.2) is 9.84 Å². The molecule has 9 heteroatoms. The number of aliphatic hydroxyl groups excluding tert-OH is 1. The molecule has 3 aromatic rings. The third kappa shape index (κ3) is 6.10. The van der Waals surface area contributed by atoms with Gasteiger partial charge in [0, 0.05) is 30.4 Å². The highest BCUT2D eigenvalue weighted by Crippen LogP contribution is 2.39. The Labute approximate surface area is 233 Å². The lowest BCUT2D eigenvalue weighted by Crippen LogP contribution is -2.44. The Kier molecular flexibility index (Phi) is 8.21. The van der Waals surface area contributed by atoms with Crippen LogP contribution in [-0.4, -0.2) is 62.4 Å². The zero-order chi connectivity index (χ0) is 27.7. The smallest absolute Gasteiger partial charge is 0.176 e. The standard InChI is InChI=1S/C30H31ClF2N2O3S/c1-39(37,38)30(23-14-26(32)16-27(33)15-23)24-17-35(18-24)29(22-8-10-25(31)11-9-22)21-6-4-20(5-7-21)28(19-36)34-12-2-3-13-34/h4-11,14-16,28-29,36H,2-3,12-13,17-19H2,1H3/t28?,29-/m1/s1. The summed E-state index contributed by atoms with van der Waals surface area (Å²) in [6, 6.07) is 18.3. The molecule has 3 aromatic carbocycles. The van der Waals surface area contributed by atoms with E-state index in [1.807, 2.05) is 36.4 Å². The second kappa shape index (κ2) is 11.5. The van der Waals surface area contributed by atoms with Crippen molar-refractivity contribution in [1.29, 1.82) is 0 Å². The van der Waals surface area contributed by atoms with Gasteiger partial charge in [0.1, 0.15) is 11.6 Å². The van der Waals surface area contributed by atoms with Crippen LogP contribution in [0.2, 0.25) is 5.02 Å². The number of halogens is 3. The minimum atomic E-state index is -3.75. The summed E-state index contributed by atoms with van der Waals surface area (Å²) in [5, 5.41) is 10.7. The first kappa shape index (κ1) is 27.9. The fourth-order valence-electron chi connectivity index (χ4n) is 5.78. The number of rotatable bonds is 8. The van der Waals surface area contributed by atoms with E-state index in [1.165, 1.54) is 0 Å². The lowest BCUT2D eigenvalue weighted by atomic mass is 9.91. The summed E-state index contributed by atoms with van der Waals surface area (Å²) in [6.45, 7) is 2.64. The van der Waals surface area contributed by atoms with Gasteiger partial charge in [0.05, 0.1) is 23.6 Å². The fourth-order valence-corrected chi connectivity index (χ4v) is 7.11. The van der Waals surface area contributed by atoms with E-state index in [9.17, 15) is 22.3 Å². The van der Waals surface area contributed by atoms with Crippen molar-refractivity contribution >= 4 is 26.3 Å². The first-order valence-corrected chi connectivity index (χ1v) is 15.2. The highest BCUT2D eigenvalue weighted by Gasteiger charge is 2.35. The molecule has 2 saturated heterocycles. The first-order chi connectivity index (χ1) is 18.6. The van der Waals surface area contributed by atoms with Crippen LogP contribution >= 0.6 is 11.6 Å². The molecule has 5 rings (SSSR count). The molecular formula is C30H31ClF2N2O3S. The Morgan fingerprint density at radius 2 is 1.38 bits per heavy atom. The van der Waals surface area contributed by atoms with Crippen LogP contribution < -0.4 is 0 Å². The molecule has 0 aliphatic carbocycles. The van der Waals surface area contributed by atoms with E-state index in [2.05, 4.69) is 21.9 Å². The second-order valence-electron chi connectivity index (χ2n) is 10.3. The van der Waals surface area contributed by atoms with Crippen molar-refractivity contribution in [2.45, 2.75) is 24.9 Å². The number of nitrogens with zero attached hydrogens (tertiary/aromatic N) is 2. The number of sulfone groups is 1. The fraction of sp³-hybridized carbons (Fsp3) is 0.333. The van der Waals surface area contributed by atoms with Crippen LogP contribution in [0.1, 0.15) is 47.2 Å². The zero-order valence-corrected chi connectivity index (χ0v) is 23.2. The average Bonchev–Trinajstić information content (AvgIpc) is 3.38. The van der Waals surface area contributed by atoms with Gasteiger partial charge < -0.3 is 5.11 Å². The van der Waals surface area contributed by atoms with Crippen LogP contribution in [-0.2, 0) is 9.84 Å². The molecule has 2 aliphatic rings. The van der Waals surface area contributed by atoms with E-state index in [0.717, 1.165) is 67.1 Å². The summed E-state index contributed by atoms with van der Waals surface area (Å²) in [5.41, 5.74) is 3.68. The topological polar surface area (TPSA) is 60.9 Å². The van der Waals surface area contributed by atoms with Gasteiger partial charge in [-0.25, -0.2) is 17.2 Å². The van der Waals surface area contributed by atoms with Crippen molar-refractivity contribution in [1.82, 2.24) is 9.80 Å². The van der Waals surface area contributed by atoms with E-state index >= 15 is 0 Å². The molecule has 1 N–H and O–H groups in total. The third-order valence-electron chi connectivity index (χ3n) is 7.55. The number of benzene rings is 3. The number of aliphatic hydroxyl groups is 1. The summed E-state index contributed by atoms with van der Waals surface area (Å²) < 4.78 is 53.4. The Morgan fingerprint density at radius 3 is 1.90 bits per heavy atom. The third-order valence-corrected chi connectivity index (χ3v) is 9.06. The van der Waals surface area contributed by atoms with Gasteiger partial charge in [-0.05, 0) is 78.0 Å². The van der Waals surface area contributed by atoms with E-state index in [0.29, 0.717) is 23.7 Å². The van der Waals surface area contributed by atoms with Crippen molar-refractivity contribution in [3.8, 4) is 0 Å². The molecule has 0 aromatic heterocycles. The molecule has 2 aliphatic heterocycles. The Morgan fingerprint density at radius 1 is 0.872 bits per heavy atom. The van der Waals surface area contributed by atoms with Crippen LogP contribution in [0, 0.1) is 11.6 Å². The van der Waals surface area contributed by atoms with E-state index < -0.39 is 21.5 Å². The Hall–Kier alpha value is -2.62. The van der Waals surface area contributed by atoms with Gasteiger partial charge in [-0.1, -0.05) is 48.0 Å². The number of hydrogen-bond acceptors (Lipinski definition) is 5. The summed E-state index contributed by atoms with van der Waals surface area (Å²) in [7, 11) is -3.75. The lowest BCUT2D eigenvalue weighted by Gasteiger charge is -2.42. The quantitative estimate of drug-likeness (QED) is 0.380. The predicted octanol–water partition coefficient (Wildman–Crippen LogP) is 5.61. The zero-order valence-electron chi connectivity index (χ0n) is 21.7. The highest BCUT2D eigenvalue weighted by atomic mass is 35.5. The minimum absolute atomic E-state index is 0.0222. The molecule has 1 unspecified atom stereocenters. The highest BCUT2D eigenvalue weighted by molar-refractivity contribution is 8.00. The molecule has 0 amide bonds. The molecule has 0 saturated carbocycles. The molecule has 206 valence electrons. The summed E-state index contributed by atoms with van der Waals surface area (Å²) in [5.74, 6) is -1.64. The van der Waals surface area contributed by atoms with Crippen molar-refractivity contribution in [3.63, 3.8) is 0 Å². The Bertz CT molecular complexity index is 1440. The molecule has 2 fully saturated rings. The van der Waals surface area contributed by atoms with Gasteiger partial charge in [-0.3, -0.25) is 9.80 Å². The van der Waals surface area contributed by atoms with Crippen LogP contribution in [0.3, 0.4) is 0 Å². The van der Waals surface area contributed by atoms with Gasteiger partial charge >= 0.3 is 0 Å². The average molecular weight is 573 g/mol. The molecule has 2 heterocycles. The SMILES string of the molecule is CS(=O)(=O)C(=C1CN([C@@H](c2ccc(Cl)cc2)c2ccc(C(CO)N3CCCC3)cc2)C1)c1cc(F)cc(F)c1. The molecule has 0 bridgehead atoms. The molecule has 39 heavy (non-hydrogen) atoms. The normalized spacial score (nSPS) is 18.1. The van der Waals surface area contributed by atoms with Gasteiger partial charge in [0.25, 0.3) is 0 Å². The molecule has 0 spiro atoms. The van der Waals surface area contributed by atoms with Gasteiger partial charge in [-0.2, -0.15) is 0 Å². The van der Waals surface area contributed by atoms with Gasteiger partial charge in [-0.15, -0.1) is 0 Å². The molecule has 5 nitrogen and oxygen atoms in total. The summed E-state index contributed by atoms with van der Waals surface area (Å²) >= 11 is 6.15. The summed E-state index contributed by atoms with van der Waals surface area (Å²) in [6.07, 6.45) is 3.33.